The molecule has 1 aliphatic rings. The molecule has 1 aromatic rings. The second-order valence-electron chi connectivity index (χ2n) is 4.79. The molecule has 1 aliphatic heterocycles. The van der Waals surface area contributed by atoms with Crippen molar-refractivity contribution >= 4 is 11.8 Å². The van der Waals surface area contributed by atoms with E-state index in [0.29, 0.717) is 12.3 Å². The summed E-state index contributed by atoms with van der Waals surface area (Å²) in [6.07, 6.45) is 3.11. The average molecular weight is 249 g/mol. The molecule has 0 saturated carbocycles. The van der Waals surface area contributed by atoms with Crippen LogP contribution in [0.1, 0.15) is 24.1 Å². The second kappa shape index (κ2) is 5.33. The van der Waals surface area contributed by atoms with E-state index in [4.69, 9.17) is 4.74 Å². The number of rotatable bonds is 3. The van der Waals surface area contributed by atoms with Crippen molar-refractivity contribution in [3.8, 4) is 0 Å². The quantitative estimate of drug-likeness (QED) is 0.759. The highest BCUT2D eigenvalue weighted by atomic mass is 16.5. The molecule has 0 bridgehead atoms. The number of nitrogens with zero attached hydrogens (tertiary/aromatic N) is 3. The van der Waals surface area contributed by atoms with Gasteiger partial charge in [0.15, 0.2) is 0 Å². The van der Waals surface area contributed by atoms with Crippen molar-refractivity contribution in [2.45, 2.75) is 26.7 Å². The molecule has 0 radical (unpaired) electrons. The number of carbonyl (C=O) groups is 1. The van der Waals surface area contributed by atoms with Gasteiger partial charge in [-0.2, -0.15) is 0 Å². The predicted molar refractivity (Wildman–Crippen MR) is 68.5 cm³/mol. The molecule has 18 heavy (non-hydrogen) atoms. The summed E-state index contributed by atoms with van der Waals surface area (Å²) in [6.45, 7) is 5.84. The molecule has 98 valence electrons. The summed E-state index contributed by atoms with van der Waals surface area (Å²) in [7, 11) is 1.44. The first-order valence-electron chi connectivity index (χ1n) is 6.21. The smallest absolute Gasteiger partial charge is 0.305 e. The Balaban J connectivity index is 2.04. The van der Waals surface area contributed by atoms with Gasteiger partial charge in [-0.1, -0.05) is 0 Å². The van der Waals surface area contributed by atoms with Crippen LogP contribution in [0.25, 0.3) is 0 Å². The van der Waals surface area contributed by atoms with Gasteiger partial charge in [-0.05, 0) is 26.2 Å². The van der Waals surface area contributed by atoms with Crippen LogP contribution in [0.4, 0.5) is 5.82 Å². The van der Waals surface area contributed by atoms with E-state index in [1.54, 1.807) is 6.33 Å². The molecule has 0 N–H and O–H groups in total. The summed E-state index contributed by atoms with van der Waals surface area (Å²) in [4.78, 5) is 22.0. The molecule has 1 saturated heterocycles. The topological polar surface area (TPSA) is 55.3 Å². The predicted octanol–water partition coefficient (Wildman–Crippen LogP) is 1.48. The van der Waals surface area contributed by atoms with E-state index in [0.717, 1.165) is 36.6 Å². The molecule has 5 heteroatoms. The largest absolute Gasteiger partial charge is 0.469 e. The van der Waals surface area contributed by atoms with Crippen LogP contribution in [0.5, 0.6) is 0 Å². The Labute approximate surface area is 107 Å². The summed E-state index contributed by atoms with van der Waals surface area (Å²) in [6, 6.07) is 0. The maximum absolute atomic E-state index is 11.3. The van der Waals surface area contributed by atoms with E-state index in [1.807, 2.05) is 13.8 Å². The SMILES string of the molecule is COC(=O)C[C@H]1CCN(c2ncnc(C)c2C)C1. The van der Waals surface area contributed by atoms with E-state index >= 15 is 0 Å². The van der Waals surface area contributed by atoms with Crippen LogP contribution in [0.15, 0.2) is 6.33 Å². The summed E-state index contributed by atoms with van der Waals surface area (Å²) < 4.78 is 4.71. The van der Waals surface area contributed by atoms with Crippen molar-refractivity contribution in [3.05, 3.63) is 17.6 Å². The first-order valence-corrected chi connectivity index (χ1v) is 6.21. The van der Waals surface area contributed by atoms with E-state index in [2.05, 4.69) is 14.9 Å². The van der Waals surface area contributed by atoms with E-state index in [9.17, 15) is 4.79 Å². The van der Waals surface area contributed by atoms with Gasteiger partial charge in [-0.25, -0.2) is 9.97 Å². The number of methoxy groups -OCH3 is 1. The van der Waals surface area contributed by atoms with Gasteiger partial charge in [0, 0.05) is 24.3 Å². The highest BCUT2D eigenvalue weighted by Crippen LogP contribution is 2.27. The van der Waals surface area contributed by atoms with Crippen LogP contribution in [-0.4, -0.2) is 36.1 Å². The molecule has 0 unspecified atom stereocenters. The Morgan fingerprint density at radius 3 is 3.00 bits per heavy atom. The van der Waals surface area contributed by atoms with Gasteiger partial charge in [-0.15, -0.1) is 0 Å². The fraction of sp³-hybridized carbons (Fsp3) is 0.615. The molecular formula is C13H19N3O2. The fourth-order valence-corrected chi connectivity index (χ4v) is 2.36. The molecule has 1 aromatic heterocycles. The number of hydrogen-bond acceptors (Lipinski definition) is 5. The molecular weight excluding hydrogens is 230 g/mol. The lowest BCUT2D eigenvalue weighted by molar-refractivity contribution is -0.141. The zero-order valence-electron chi connectivity index (χ0n) is 11.1. The monoisotopic (exact) mass is 249 g/mol. The number of aromatic nitrogens is 2. The summed E-state index contributed by atoms with van der Waals surface area (Å²) >= 11 is 0. The molecule has 2 heterocycles. The molecule has 0 aromatic carbocycles. The molecule has 0 amide bonds. The van der Waals surface area contributed by atoms with Crippen molar-refractivity contribution in [3.63, 3.8) is 0 Å². The summed E-state index contributed by atoms with van der Waals surface area (Å²) in [5.41, 5.74) is 2.13. The van der Waals surface area contributed by atoms with Crippen LogP contribution in [-0.2, 0) is 9.53 Å². The van der Waals surface area contributed by atoms with E-state index < -0.39 is 0 Å². The number of esters is 1. The summed E-state index contributed by atoms with van der Waals surface area (Å²) in [5, 5.41) is 0. The normalized spacial score (nSPS) is 19.1. The van der Waals surface area contributed by atoms with Gasteiger partial charge < -0.3 is 9.64 Å². The Morgan fingerprint density at radius 2 is 2.28 bits per heavy atom. The van der Waals surface area contributed by atoms with Gasteiger partial charge in [0.2, 0.25) is 0 Å². The van der Waals surface area contributed by atoms with Crippen LogP contribution >= 0.6 is 0 Å². The first kappa shape index (κ1) is 12.8. The number of aryl methyl sites for hydroxylation is 1. The summed E-state index contributed by atoms with van der Waals surface area (Å²) in [5.74, 6) is 1.24. The maximum atomic E-state index is 11.3. The number of hydrogen-bond donors (Lipinski definition) is 0. The number of ether oxygens (including phenoxy) is 1. The Morgan fingerprint density at radius 1 is 1.50 bits per heavy atom. The van der Waals surface area contributed by atoms with Crippen LogP contribution in [0.3, 0.4) is 0 Å². The third-order valence-electron chi connectivity index (χ3n) is 3.58. The van der Waals surface area contributed by atoms with Crippen LogP contribution in [0.2, 0.25) is 0 Å². The molecule has 1 fully saturated rings. The Bertz CT molecular complexity index is 448. The average Bonchev–Trinajstić information content (AvgIpc) is 2.80. The van der Waals surface area contributed by atoms with Crippen LogP contribution in [0, 0.1) is 19.8 Å². The highest BCUT2D eigenvalue weighted by Gasteiger charge is 2.26. The number of carbonyl (C=O) groups excluding carboxylic acids is 1. The lowest BCUT2D eigenvalue weighted by atomic mass is 10.1. The molecule has 5 nitrogen and oxygen atoms in total. The minimum Gasteiger partial charge on any atom is -0.469 e. The van der Waals surface area contributed by atoms with Crippen molar-refractivity contribution in [2.24, 2.45) is 5.92 Å². The van der Waals surface area contributed by atoms with Crippen molar-refractivity contribution in [2.75, 3.05) is 25.1 Å². The Kier molecular flexibility index (Phi) is 3.79. The van der Waals surface area contributed by atoms with Crippen molar-refractivity contribution in [1.82, 2.24) is 9.97 Å². The standard InChI is InChI=1S/C13H19N3O2/c1-9-10(2)14-8-15-13(9)16-5-4-11(7-16)6-12(17)18-3/h8,11H,4-7H2,1-3H3/t11-/m1/s1. The molecule has 1 atom stereocenters. The maximum Gasteiger partial charge on any atom is 0.305 e. The van der Waals surface area contributed by atoms with Gasteiger partial charge in [0.25, 0.3) is 0 Å². The third kappa shape index (κ3) is 2.60. The zero-order valence-corrected chi connectivity index (χ0v) is 11.1. The van der Waals surface area contributed by atoms with Gasteiger partial charge in [0.05, 0.1) is 13.5 Å². The van der Waals surface area contributed by atoms with Gasteiger partial charge >= 0.3 is 5.97 Å². The van der Waals surface area contributed by atoms with Gasteiger partial charge in [-0.3, -0.25) is 4.79 Å². The van der Waals surface area contributed by atoms with E-state index in [1.165, 1.54) is 7.11 Å². The van der Waals surface area contributed by atoms with Gasteiger partial charge in [0.1, 0.15) is 12.1 Å². The van der Waals surface area contributed by atoms with Crippen LogP contribution < -0.4 is 4.90 Å². The Hall–Kier alpha value is -1.65. The minimum atomic E-state index is -0.127. The van der Waals surface area contributed by atoms with Crippen molar-refractivity contribution < 1.29 is 9.53 Å². The molecule has 2 rings (SSSR count). The minimum absolute atomic E-state index is 0.127. The number of anilines is 1. The van der Waals surface area contributed by atoms with Crippen molar-refractivity contribution in [1.29, 1.82) is 0 Å². The highest BCUT2D eigenvalue weighted by molar-refractivity contribution is 5.69. The fourth-order valence-electron chi connectivity index (χ4n) is 2.36. The first-order chi connectivity index (χ1) is 8.61. The lowest BCUT2D eigenvalue weighted by Crippen LogP contribution is -2.23. The van der Waals surface area contributed by atoms with E-state index in [-0.39, 0.29) is 5.97 Å². The molecule has 0 spiro atoms. The molecule has 0 aliphatic carbocycles. The third-order valence-corrected chi connectivity index (χ3v) is 3.58. The zero-order chi connectivity index (χ0) is 13.1. The second-order valence-corrected chi connectivity index (χ2v) is 4.79. The lowest BCUT2D eigenvalue weighted by Gasteiger charge is -2.19.